The second-order valence-corrected chi connectivity index (χ2v) is 2.19. The first kappa shape index (κ1) is 8.45. The Hall–Kier alpha value is -1.65. The molecule has 0 aromatic carbocycles. The van der Waals surface area contributed by atoms with E-state index in [2.05, 4.69) is 5.10 Å². The molecule has 0 spiro atoms. The summed E-state index contributed by atoms with van der Waals surface area (Å²) >= 11 is 0. The number of aryl methyl sites for hydroxylation is 1. The van der Waals surface area contributed by atoms with Gasteiger partial charge in [-0.2, -0.15) is 9.49 Å². The van der Waals surface area contributed by atoms with Gasteiger partial charge in [0.15, 0.2) is 0 Å². The van der Waals surface area contributed by atoms with E-state index in [0.717, 1.165) is 16.8 Å². The quantitative estimate of drug-likeness (QED) is 0.663. The van der Waals surface area contributed by atoms with Crippen LogP contribution < -0.4 is 0 Å². The van der Waals surface area contributed by atoms with E-state index in [9.17, 15) is 9.18 Å². The van der Waals surface area contributed by atoms with Crippen LogP contribution in [0.2, 0.25) is 0 Å². The molecule has 0 aliphatic carbocycles. The number of aliphatic carboxylic acids is 1. The van der Waals surface area contributed by atoms with Gasteiger partial charge in [0.05, 0.1) is 5.69 Å². The zero-order valence-corrected chi connectivity index (χ0v) is 6.36. The number of halogens is 1. The summed E-state index contributed by atoms with van der Waals surface area (Å²) in [4.78, 5) is 10.0. The topological polar surface area (TPSA) is 55.1 Å². The van der Waals surface area contributed by atoms with Crippen molar-refractivity contribution in [2.24, 2.45) is 7.05 Å². The van der Waals surface area contributed by atoms with Gasteiger partial charge in [0.25, 0.3) is 0 Å². The molecule has 0 radical (unpaired) electrons. The standard InChI is InChI=1S/C7H7FN2O2/c1-10-6(8)4-5(9-10)2-3-7(11)12/h2-4H,1H3,(H,11,12). The minimum atomic E-state index is -1.08. The zero-order chi connectivity index (χ0) is 9.14. The van der Waals surface area contributed by atoms with E-state index in [4.69, 9.17) is 5.11 Å². The van der Waals surface area contributed by atoms with Gasteiger partial charge in [0.2, 0.25) is 5.95 Å². The number of aromatic nitrogens is 2. The Morgan fingerprint density at radius 1 is 1.83 bits per heavy atom. The Morgan fingerprint density at radius 3 is 2.92 bits per heavy atom. The average Bonchev–Trinajstić information content (AvgIpc) is 2.28. The Labute approximate surface area is 67.9 Å². The maximum atomic E-state index is 12.6. The van der Waals surface area contributed by atoms with Crippen LogP contribution in [0, 0.1) is 5.95 Å². The number of carboxylic acid groups (broad SMARTS) is 1. The number of hydrogen-bond donors (Lipinski definition) is 1. The third-order valence-corrected chi connectivity index (χ3v) is 1.24. The van der Waals surface area contributed by atoms with Gasteiger partial charge >= 0.3 is 5.97 Å². The first-order valence-corrected chi connectivity index (χ1v) is 3.20. The number of nitrogens with zero attached hydrogens (tertiary/aromatic N) is 2. The van der Waals surface area contributed by atoms with Crippen LogP contribution in [-0.2, 0) is 11.8 Å². The molecule has 1 aromatic rings. The van der Waals surface area contributed by atoms with Gasteiger partial charge in [0.1, 0.15) is 0 Å². The lowest BCUT2D eigenvalue weighted by Gasteiger charge is -1.84. The molecule has 0 aliphatic rings. The monoisotopic (exact) mass is 170 g/mol. The molecule has 0 saturated heterocycles. The van der Waals surface area contributed by atoms with Crippen molar-refractivity contribution in [1.29, 1.82) is 0 Å². The van der Waals surface area contributed by atoms with Crippen LogP contribution in [0.3, 0.4) is 0 Å². The highest BCUT2D eigenvalue weighted by Gasteiger charge is 2.00. The van der Waals surface area contributed by atoms with E-state index < -0.39 is 11.9 Å². The molecule has 12 heavy (non-hydrogen) atoms. The molecule has 0 fully saturated rings. The predicted molar refractivity (Wildman–Crippen MR) is 39.8 cm³/mol. The molecular weight excluding hydrogens is 163 g/mol. The van der Waals surface area contributed by atoms with Crippen molar-refractivity contribution in [1.82, 2.24) is 9.78 Å². The maximum absolute atomic E-state index is 12.6. The van der Waals surface area contributed by atoms with Gasteiger partial charge < -0.3 is 5.11 Å². The first-order chi connectivity index (χ1) is 5.59. The summed E-state index contributed by atoms with van der Waals surface area (Å²) in [5, 5.41) is 11.9. The summed E-state index contributed by atoms with van der Waals surface area (Å²) < 4.78 is 13.6. The van der Waals surface area contributed by atoms with Crippen LogP contribution >= 0.6 is 0 Å². The zero-order valence-electron chi connectivity index (χ0n) is 6.36. The Bertz CT molecular complexity index is 311. The lowest BCUT2D eigenvalue weighted by atomic mass is 10.4. The summed E-state index contributed by atoms with van der Waals surface area (Å²) in [5.41, 5.74) is 0.289. The van der Waals surface area contributed by atoms with E-state index in [-0.39, 0.29) is 5.69 Å². The lowest BCUT2D eigenvalue weighted by Crippen LogP contribution is -1.93. The van der Waals surface area contributed by atoms with Crippen LogP contribution in [0.5, 0.6) is 0 Å². The molecule has 1 N–H and O–H groups in total. The van der Waals surface area contributed by atoms with Crippen molar-refractivity contribution < 1.29 is 14.3 Å². The van der Waals surface area contributed by atoms with Gasteiger partial charge in [-0.05, 0) is 6.08 Å². The van der Waals surface area contributed by atoms with Crippen LogP contribution in [0.25, 0.3) is 6.08 Å². The van der Waals surface area contributed by atoms with Crippen LogP contribution in [0.15, 0.2) is 12.1 Å². The lowest BCUT2D eigenvalue weighted by molar-refractivity contribution is -0.131. The Morgan fingerprint density at radius 2 is 2.50 bits per heavy atom. The van der Waals surface area contributed by atoms with E-state index >= 15 is 0 Å². The minimum absolute atomic E-state index is 0.289. The number of hydrogen-bond acceptors (Lipinski definition) is 2. The van der Waals surface area contributed by atoms with Gasteiger partial charge in [0, 0.05) is 19.2 Å². The average molecular weight is 170 g/mol. The van der Waals surface area contributed by atoms with E-state index in [1.807, 2.05) is 0 Å². The van der Waals surface area contributed by atoms with Gasteiger partial charge in [-0.25, -0.2) is 9.48 Å². The van der Waals surface area contributed by atoms with Crippen LogP contribution in [0.1, 0.15) is 5.69 Å². The van der Waals surface area contributed by atoms with Crippen molar-refractivity contribution in [3.63, 3.8) is 0 Å². The highest BCUT2D eigenvalue weighted by Crippen LogP contribution is 2.02. The molecule has 1 heterocycles. The maximum Gasteiger partial charge on any atom is 0.328 e. The SMILES string of the molecule is Cn1nc(C=CC(=O)O)cc1F. The second kappa shape index (κ2) is 3.17. The van der Waals surface area contributed by atoms with Crippen molar-refractivity contribution >= 4 is 12.0 Å². The summed E-state index contributed by atoms with van der Waals surface area (Å²) in [6.07, 6.45) is 2.13. The molecule has 0 saturated carbocycles. The summed E-state index contributed by atoms with van der Waals surface area (Å²) in [5.74, 6) is -1.58. The molecule has 1 aromatic heterocycles. The third kappa shape index (κ3) is 1.91. The molecule has 1 rings (SSSR count). The Kier molecular flexibility index (Phi) is 2.23. The molecule has 64 valence electrons. The fourth-order valence-electron chi connectivity index (χ4n) is 0.703. The fraction of sp³-hybridized carbons (Fsp3) is 0.143. The van der Waals surface area contributed by atoms with Crippen LogP contribution in [0.4, 0.5) is 4.39 Å². The normalized spacial score (nSPS) is 10.8. The molecule has 0 atom stereocenters. The van der Waals surface area contributed by atoms with E-state index in [0.29, 0.717) is 0 Å². The third-order valence-electron chi connectivity index (χ3n) is 1.24. The Balaban J connectivity index is 2.83. The molecular formula is C7H7FN2O2. The second-order valence-electron chi connectivity index (χ2n) is 2.19. The summed E-state index contributed by atoms with van der Waals surface area (Å²) in [6, 6.07) is 1.15. The van der Waals surface area contributed by atoms with Crippen molar-refractivity contribution in [2.75, 3.05) is 0 Å². The number of rotatable bonds is 2. The molecule has 5 heteroatoms. The minimum Gasteiger partial charge on any atom is -0.478 e. The number of carbonyl (C=O) groups is 1. The fourth-order valence-corrected chi connectivity index (χ4v) is 0.703. The predicted octanol–water partition coefficient (Wildman–Crippen LogP) is 0.657. The summed E-state index contributed by atoms with van der Waals surface area (Å²) in [7, 11) is 1.44. The van der Waals surface area contributed by atoms with E-state index in [1.165, 1.54) is 13.1 Å². The number of carboxylic acids is 1. The van der Waals surface area contributed by atoms with Crippen molar-refractivity contribution in [3.05, 3.63) is 23.8 Å². The van der Waals surface area contributed by atoms with Crippen molar-refractivity contribution in [2.45, 2.75) is 0 Å². The molecule has 0 aliphatic heterocycles. The molecule has 0 unspecified atom stereocenters. The van der Waals surface area contributed by atoms with Gasteiger partial charge in [-0.15, -0.1) is 0 Å². The molecule has 4 nitrogen and oxygen atoms in total. The van der Waals surface area contributed by atoms with Crippen molar-refractivity contribution in [3.8, 4) is 0 Å². The smallest absolute Gasteiger partial charge is 0.328 e. The highest BCUT2D eigenvalue weighted by molar-refractivity contribution is 5.84. The summed E-state index contributed by atoms with van der Waals surface area (Å²) in [6.45, 7) is 0. The molecule has 0 amide bonds. The first-order valence-electron chi connectivity index (χ1n) is 3.20. The van der Waals surface area contributed by atoms with Crippen LogP contribution in [-0.4, -0.2) is 20.9 Å². The molecule has 0 bridgehead atoms. The van der Waals surface area contributed by atoms with Gasteiger partial charge in [-0.3, -0.25) is 0 Å². The largest absolute Gasteiger partial charge is 0.478 e. The highest BCUT2D eigenvalue weighted by atomic mass is 19.1. The van der Waals surface area contributed by atoms with E-state index in [1.54, 1.807) is 0 Å². The van der Waals surface area contributed by atoms with Gasteiger partial charge in [-0.1, -0.05) is 0 Å².